The maximum Gasteiger partial charge on any atom is 0.137 e. The van der Waals surface area contributed by atoms with Crippen LogP contribution < -0.4 is 0 Å². The van der Waals surface area contributed by atoms with Gasteiger partial charge in [-0.25, -0.2) is 0 Å². The van der Waals surface area contributed by atoms with Crippen LogP contribution in [0.2, 0.25) is 0 Å². The molecule has 0 unspecified atom stereocenters. The minimum Gasteiger partial charge on any atom is -0.361 e. The van der Waals surface area contributed by atoms with Crippen molar-refractivity contribution < 1.29 is 4.52 Å². The average Bonchev–Trinajstić information content (AvgIpc) is 2.70. The van der Waals surface area contributed by atoms with E-state index in [1.54, 1.807) is 0 Å². The summed E-state index contributed by atoms with van der Waals surface area (Å²) in [5.74, 6) is 1.90. The van der Waals surface area contributed by atoms with Gasteiger partial charge in [0.15, 0.2) is 0 Å². The number of nitrogens with zero attached hydrogens (tertiary/aromatic N) is 1. The summed E-state index contributed by atoms with van der Waals surface area (Å²) in [7, 11) is 0. The van der Waals surface area contributed by atoms with Crippen molar-refractivity contribution in [3.05, 3.63) is 17.0 Å². The molecular formula is C11H17NO. The number of aromatic nitrogens is 1. The number of aryl methyl sites for hydroxylation is 2. The lowest BCUT2D eigenvalue weighted by molar-refractivity contribution is 0.391. The Labute approximate surface area is 79.3 Å². The van der Waals surface area contributed by atoms with Crippen LogP contribution in [0.3, 0.4) is 0 Å². The van der Waals surface area contributed by atoms with Crippen molar-refractivity contribution in [2.75, 3.05) is 0 Å². The lowest BCUT2D eigenvalue weighted by Crippen LogP contribution is -2.00. The molecule has 1 aromatic heterocycles. The second-order valence-corrected chi connectivity index (χ2v) is 4.16. The van der Waals surface area contributed by atoms with Gasteiger partial charge in [-0.3, -0.25) is 0 Å². The van der Waals surface area contributed by atoms with Gasteiger partial charge in [0.2, 0.25) is 0 Å². The van der Waals surface area contributed by atoms with Crippen molar-refractivity contribution in [2.45, 2.75) is 46.0 Å². The van der Waals surface area contributed by atoms with Gasteiger partial charge >= 0.3 is 0 Å². The molecule has 0 N–H and O–H groups in total. The first-order valence-corrected chi connectivity index (χ1v) is 5.19. The smallest absolute Gasteiger partial charge is 0.137 e. The lowest BCUT2D eigenvalue weighted by Gasteiger charge is -2.07. The highest BCUT2D eigenvalue weighted by Crippen LogP contribution is 2.29. The SMILES string of the molecule is Cc1noc(C)c1CC1CCCC1. The Morgan fingerprint density at radius 1 is 1.31 bits per heavy atom. The molecule has 1 aliphatic carbocycles. The molecule has 13 heavy (non-hydrogen) atoms. The van der Waals surface area contributed by atoms with Crippen molar-refractivity contribution in [3.63, 3.8) is 0 Å². The van der Waals surface area contributed by atoms with E-state index >= 15 is 0 Å². The minimum atomic E-state index is 0.886. The highest BCUT2D eigenvalue weighted by molar-refractivity contribution is 5.21. The number of hydrogen-bond acceptors (Lipinski definition) is 2. The molecule has 0 saturated heterocycles. The zero-order valence-electron chi connectivity index (χ0n) is 8.47. The summed E-state index contributed by atoms with van der Waals surface area (Å²) in [4.78, 5) is 0. The Balaban J connectivity index is 2.07. The predicted molar refractivity (Wildman–Crippen MR) is 51.6 cm³/mol. The zero-order chi connectivity index (χ0) is 9.26. The van der Waals surface area contributed by atoms with E-state index in [0.29, 0.717) is 0 Å². The van der Waals surface area contributed by atoms with Crippen molar-refractivity contribution in [1.29, 1.82) is 0 Å². The highest BCUT2D eigenvalue weighted by atomic mass is 16.5. The molecule has 1 heterocycles. The summed E-state index contributed by atoms with van der Waals surface area (Å²) in [6, 6.07) is 0. The van der Waals surface area contributed by atoms with Crippen molar-refractivity contribution in [2.24, 2.45) is 5.92 Å². The largest absolute Gasteiger partial charge is 0.361 e. The van der Waals surface area contributed by atoms with Crippen LogP contribution in [0, 0.1) is 19.8 Å². The first kappa shape index (κ1) is 8.79. The predicted octanol–water partition coefficient (Wildman–Crippen LogP) is 3.02. The fraction of sp³-hybridized carbons (Fsp3) is 0.727. The first-order chi connectivity index (χ1) is 6.27. The van der Waals surface area contributed by atoms with Gasteiger partial charge in [0.1, 0.15) is 5.76 Å². The van der Waals surface area contributed by atoms with Gasteiger partial charge < -0.3 is 4.52 Å². The van der Waals surface area contributed by atoms with E-state index in [1.165, 1.54) is 37.7 Å². The molecule has 0 atom stereocenters. The fourth-order valence-corrected chi connectivity index (χ4v) is 2.30. The fourth-order valence-electron chi connectivity index (χ4n) is 2.30. The summed E-state index contributed by atoms with van der Waals surface area (Å²) in [6.07, 6.45) is 6.79. The highest BCUT2D eigenvalue weighted by Gasteiger charge is 2.19. The Kier molecular flexibility index (Phi) is 2.38. The third-order valence-electron chi connectivity index (χ3n) is 3.15. The summed E-state index contributed by atoms with van der Waals surface area (Å²) >= 11 is 0. The summed E-state index contributed by atoms with van der Waals surface area (Å²) in [5, 5.41) is 3.98. The third-order valence-corrected chi connectivity index (χ3v) is 3.15. The molecule has 72 valence electrons. The molecule has 0 aliphatic heterocycles. The Morgan fingerprint density at radius 3 is 2.54 bits per heavy atom. The van der Waals surface area contributed by atoms with E-state index in [1.807, 2.05) is 13.8 Å². The van der Waals surface area contributed by atoms with Gasteiger partial charge in [-0.2, -0.15) is 0 Å². The molecule has 0 spiro atoms. The van der Waals surface area contributed by atoms with Crippen LogP contribution in [0.4, 0.5) is 0 Å². The Bertz CT molecular complexity index is 265. The van der Waals surface area contributed by atoms with Gasteiger partial charge in [0, 0.05) is 5.56 Å². The standard InChI is InChI=1S/C11H17NO/c1-8-11(9(2)13-12-8)7-10-5-3-4-6-10/h10H,3-7H2,1-2H3. The number of rotatable bonds is 2. The van der Waals surface area contributed by atoms with E-state index in [4.69, 9.17) is 4.52 Å². The molecule has 2 rings (SSSR count). The maximum absolute atomic E-state index is 5.16. The van der Waals surface area contributed by atoms with E-state index in [2.05, 4.69) is 5.16 Å². The Morgan fingerprint density at radius 2 is 2.00 bits per heavy atom. The molecular weight excluding hydrogens is 162 g/mol. The number of hydrogen-bond donors (Lipinski definition) is 0. The van der Waals surface area contributed by atoms with Crippen molar-refractivity contribution in [1.82, 2.24) is 5.16 Å². The monoisotopic (exact) mass is 179 g/mol. The molecule has 0 bridgehead atoms. The molecule has 0 radical (unpaired) electrons. The molecule has 1 saturated carbocycles. The quantitative estimate of drug-likeness (QED) is 0.697. The van der Waals surface area contributed by atoms with E-state index in [9.17, 15) is 0 Å². The van der Waals surface area contributed by atoms with Crippen LogP contribution in [-0.4, -0.2) is 5.16 Å². The zero-order valence-corrected chi connectivity index (χ0v) is 8.47. The summed E-state index contributed by atoms with van der Waals surface area (Å²) < 4.78 is 5.16. The maximum atomic E-state index is 5.16. The third kappa shape index (κ3) is 1.77. The molecule has 0 amide bonds. The average molecular weight is 179 g/mol. The van der Waals surface area contributed by atoms with Gasteiger partial charge in [-0.1, -0.05) is 30.8 Å². The van der Waals surface area contributed by atoms with Gasteiger partial charge in [-0.05, 0) is 26.2 Å². The molecule has 1 aliphatic rings. The van der Waals surface area contributed by atoms with E-state index in [0.717, 1.165) is 17.4 Å². The van der Waals surface area contributed by atoms with Crippen LogP contribution >= 0.6 is 0 Å². The topological polar surface area (TPSA) is 26.0 Å². The summed E-state index contributed by atoms with van der Waals surface area (Å²) in [6.45, 7) is 4.06. The van der Waals surface area contributed by atoms with E-state index < -0.39 is 0 Å². The first-order valence-electron chi connectivity index (χ1n) is 5.19. The van der Waals surface area contributed by atoms with E-state index in [-0.39, 0.29) is 0 Å². The normalized spacial score (nSPS) is 18.3. The second kappa shape index (κ2) is 3.52. The molecule has 0 aromatic carbocycles. The van der Waals surface area contributed by atoms with Crippen LogP contribution in [0.15, 0.2) is 4.52 Å². The second-order valence-electron chi connectivity index (χ2n) is 4.16. The molecule has 1 fully saturated rings. The van der Waals surface area contributed by atoms with Crippen LogP contribution in [-0.2, 0) is 6.42 Å². The minimum absolute atomic E-state index is 0.886. The van der Waals surface area contributed by atoms with Crippen LogP contribution in [0.25, 0.3) is 0 Å². The van der Waals surface area contributed by atoms with Gasteiger partial charge in [-0.15, -0.1) is 0 Å². The van der Waals surface area contributed by atoms with Crippen LogP contribution in [0.1, 0.15) is 42.7 Å². The van der Waals surface area contributed by atoms with Gasteiger partial charge in [0.05, 0.1) is 5.69 Å². The summed E-state index contributed by atoms with van der Waals surface area (Å²) in [5.41, 5.74) is 2.44. The Hall–Kier alpha value is -0.790. The van der Waals surface area contributed by atoms with Crippen LogP contribution in [0.5, 0.6) is 0 Å². The molecule has 1 aromatic rings. The van der Waals surface area contributed by atoms with Gasteiger partial charge in [0.25, 0.3) is 0 Å². The molecule has 2 nitrogen and oxygen atoms in total. The lowest BCUT2D eigenvalue weighted by atomic mass is 9.97. The van der Waals surface area contributed by atoms with Crippen molar-refractivity contribution in [3.8, 4) is 0 Å². The van der Waals surface area contributed by atoms with Crippen molar-refractivity contribution >= 4 is 0 Å². The molecule has 2 heteroatoms.